The lowest BCUT2D eigenvalue weighted by Crippen LogP contribution is -2.50. The van der Waals surface area contributed by atoms with E-state index in [-0.39, 0.29) is 12.1 Å². The fraction of sp³-hybridized carbons (Fsp3) is 0.688. The van der Waals surface area contributed by atoms with E-state index in [0.717, 1.165) is 5.69 Å². The maximum atomic E-state index is 13.0. The number of sulfonamides is 1. The highest BCUT2D eigenvalue weighted by Gasteiger charge is 2.41. The lowest BCUT2D eigenvalue weighted by Gasteiger charge is -2.37. The van der Waals surface area contributed by atoms with Crippen molar-refractivity contribution in [3.8, 4) is 0 Å². The van der Waals surface area contributed by atoms with Crippen molar-refractivity contribution in [3.05, 3.63) is 23.3 Å². The number of hydrogen-bond donors (Lipinski definition) is 0. The fourth-order valence-corrected chi connectivity index (χ4v) is 5.34. The molecule has 0 amide bonds. The molecule has 2 aromatic rings. The van der Waals surface area contributed by atoms with Crippen LogP contribution in [0.3, 0.4) is 0 Å². The standard InChI is InChI=1S/C16H24N6O2S/c1-10(2)22-12(4)16(11(3)18-22)25(23,24)20-7-14(8-20)21-9-15(17-19-21)13-5-6-13/h9-10,13-14H,5-8H2,1-4H3. The molecule has 3 heterocycles. The summed E-state index contributed by atoms with van der Waals surface area (Å²) in [6.07, 6.45) is 4.34. The van der Waals surface area contributed by atoms with Crippen LogP contribution in [0.2, 0.25) is 0 Å². The van der Waals surface area contributed by atoms with Crippen LogP contribution in [0.4, 0.5) is 0 Å². The molecule has 136 valence electrons. The van der Waals surface area contributed by atoms with Crippen molar-refractivity contribution in [2.45, 2.75) is 63.4 Å². The molecule has 9 heteroatoms. The third kappa shape index (κ3) is 2.69. The molecule has 1 saturated carbocycles. The normalized spacial score (nSPS) is 19.6. The van der Waals surface area contributed by atoms with Crippen molar-refractivity contribution in [2.75, 3.05) is 13.1 Å². The van der Waals surface area contributed by atoms with Crippen LogP contribution in [0, 0.1) is 13.8 Å². The summed E-state index contributed by atoms with van der Waals surface area (Å²) in [7, 11) is -3.53. The summed E-state index contributed by atoms with van der Waals surface area (Å²) in [6, 6.07) is 0.193. The van der Waals surface area contributed by atoms with E-state index >= 15 is 0 Å². The van der Waals surface area contributed by atoms with Crippen LogP contribution in [0.25, 0.3) is 0 Å². The van der Waals surface area contributed by atoms with Crippen molar-refractivity contribution >= 4 is 10.0 Å². The van der Waals surface area contributed by atoms with Gasteiger partial charge in [0.1, 0.15) is 4.90 Å². The van der Waals surface area contributed by atoms with E-state index in [1.165, 1.54) is 17.1 Å². The number of nitrogens with zero attached hydrogens (tertiary/aromatic N) is 6. The minimum absolute atomic E-state index is 0.0653. The van der Waals surface area contributed by atoms with Crippen LogP contribution < -0.4 is 0 Å². The third-order valence-corrected chi connectivity index (χ3v) is 7.16. The van der Waals surface area contributed by atoms with Gasteiger partial charge in [-0.1, -0.05) is 5.21 Å². The topological polar surface area (TPSA) is 85.9 Å². The quantitative estimate of drug-likeness (QED) is 0.807. The van der Waals surface area contributed by atoms with Gasteiger partial charge in [0.15, 0.2) is 0 Å². The molecule has 0 unspecified atom stereocenters. The molecule has 0 N–H and O–H groups in total. The van der Waals surface area contributed by atoms with Gasteiger partial charge in [-0.2, -0.15) is 9.40 Å². The molecule has 2 aromatic heterocycles. The predicted molar refractivity (Wildman–Crippen MR) is 91.9 cm³/mol. The Hall–Kier alpha value is -1.74. The van der Waals surface area contributed by atoms with Gasteiger partial charge < -0.3 is 0 Å². The van der Waals surface area contributed by atoms with E-state index in [2.05, 4.69) is 15.4 Å². The van der Waals surface area contributed by atoms with E-state index in [0.29, 0.717) is 35.3 Å². The minimum Gasteiger partial charge on any atom is -0.266 e. The van der Waals surface area contributed by atoms with Crippen LogP contribution in [0.15, 0.2) is 11.1 Å². The van der Waals surface area contributed by atoms with Crippen molar-refractivity contribution in [1.29, 1.82) is 0 Å². The zero-order valence-electron chi connectivity index (χ0n) is 15.0. The minimum atomic E-state index is -3.53. The maximum Gasteiger partial charge on any atom is 0.246 e. The second-order valence-corrected chi connectivity index (χ2v) is 9.29. The van der Waals surface area contributed by atoms with Gasteiger partial charge in [0.05, 0.1) is 23.1 Å². The Morgan fingerprint density at radius 3 is 2.44 bits per heavy atom. The highest BCUT2D eigenvalue weighted by Crippen LogP contribution is 2.39. The van der Waals surface area contributed by atoms with Gasteiger partial charge in [0.25, 0.3) is 0 Å². The van der Waals surface area contributed by atoms with Crippen molar-refractivity contribution in [1.82, 2.24) is 29.1 Å². The summed E-state index contributed by atoms with van der Waals surface area (Å²) >= 11 is 0. The molecule has 0 bridgehead atoms. The summed E-state index contributed by atoms with van der Waals surface area (Å²) in [5, 5.41) is 12.8. The molecular formula is C16H24N6O2S. The first-order chi connectivity index (χ1) is 11.8. The molecule has 8 nitrogen and oxygen atoms in total. The van der Waals surface area contributed by atoms with Crippen LogP contribution in [0.5, 0.6) is 0 Å². The summed E-state index contributed by atoms with van der Waals surface area (Å²) < 4.78 is 31.1. The zero-order chi connectivity index (χ0) is 17.9. The Bertz CT molecular complexity index is 903. The number of rotatable bonds is 5. The van der Waals surface area contributed by atoms with E-state index < -0.39 is 10.0 Å². The second-order valence-electron chi connectivity index (χ2n) is 7.41. The average Bonchev–Trinajstić information content (AvgIpc) is 3.13. The van der Waals surface area contributed by atoms with Gasteiger partial charge in [-0.15, -0.1) is 5.10 Å². The van der Waals surface area contributed by atoms with Crippen molar-refractivity contribution < 1.29 is 8.42 Å². The summed E-state index contributed by atoms with van der Waals surface area (Å²) in [6.45, 7) is 8.44. The molecule has 0 aromatic carbocycles. The van der Waals surface area contributed by atoms with Gasteiger partial charge in [-0.25, -0.2) is 13.1 Å². The monoisotopic (exact) mass is 364 g/mol. The smallest absolute Gasteiger partial charge is 0.246 e. The average molecular weight is 364 g/mol. The highest BCUT2D eigenvalue weighted by molar-refractivity contribution is 7.89. The van der Waals surface area contributed by atoms with Gasteiger partial charge in [-0.3, -0.25) is 4.68 Å². The molecule has 0 spiro atoms. The third-order valence-electron chi connectivity index (χ3n) is 5.07. The Morgan fingerprint density at radius 1 is 1.20 bits per heavy atom. The predicted octanol–water partition coefficient (Wildman–Crippen LogP) is 1.80. The van der Waals surface area contributed by atoms with Crippen molar-refractivity contribution in [3.63, 3.8) is 0 Å². The largest absolute Gasteiger partial charge is 0.266 e. The molecular weight excluding hydrogens is 340 g/mol. The highest BCUT2D eigenvalue weighted by atomic mass is 32.2. The Kier molecular flexibility index (Phi) is 3.77. The van der Waals surface area contributed by atoms with E-state index in [9.17, 15) is 8.42 Å². The van der Waals surface area contributed by atoms with E-state index in [1.807, 2.05) is 31.6 Å². The lowest BCUT2D eigenvalue weighted by molar-refractivity contribution is 0.188. The number of aryl methyl sites for hydroxylation is 1. The van der Waals surface area contributed by atoms with Crippen LogP contribution in [0.1, 0.15) is 61.8 Å². The molecule has 0 atom stereocenters. The van der Waals surface area contributed by atoms with E-state index in [4.69, 9.17) is 0 Å². The summed E-state index contributed by atoms with van der Waals surface area (Å²) in [4.78, 5) is 0.344. The molecule has 25 heavy (non-hydrogen) atoms. The van der Waals surface area contributed by atoms with Gasteiger partial charge >= 0.3 is 0 Å². The maximum absolute atomic E-state index is 13.0. The summed E-state index contributed by atoms with van der Waals surface area (Å²) in [5.74, 6) is 0.556. The fourth-order valence-electron chi connectivity index (χ4n) is 3.47. The van der Waals surface area contributed by atoms with Crippen molar-refractivity contribution in [2.24, 2.45) is 0 Å². The first-order valence-corrected chi connectivity index (χ1v) is 10.2. The first kappa shape index (κ1) is 16.7. The first-order valence-electron chi connectivity index (χ1n) is 8.76. The van der Waals surface area contributed by atoms with Gasteiger partial charge in [-0.05, 0) is 40.5 Å². The molecule has 1 aliphatic heterocycles. The molecule has 4 rings (SSSR count). The van der Waals surface area contributed by atoms with Gasteiger partial charge in [0.2, 0.25) is 10.0 Å². The second kappa shape index (κ2) is 5.63. The van der Waals surface area contributed by atoms with Crippen LogP contribution in [-0.4, -0.2) is 50.6 Å². The Balaban J connectivity index is 1.52. The molecule has 1 aliphatic carbocycles. The molecule has 1 saturated heterocycles. The zero-order valence-corrected chi connectivity index (χ0v) is 15.9. The molecule has 2 fully saturated rings. The number of aromatic nitrogens is 5. The lowest BCUT2D eigenvalue weighted by atomic mass is 10.2. The van der Waals surface area contributed by atoms with E-state index in [1.54, 1.807) is 11.6 Å². The van der Waals surface area contributed by atoms with Crippen LogP contribution >= 0.6 is 0 Å². The Morgan fingerprint density at radius 2 is 1.88 bits per heavy atom. The SMILES string of the molecule is Cc1nn(C(C)C)c(C)c1S(=O)(=O)N1CC(n2cc(C3CC3)nn2)C1. The summed E-state index contributed by atoms with van der Waals surface area (Å²) in [5.41, 5.74) is 2.30. The molecule has 0 radical (unpaired) electrons. The van der Waals surface area contributed by atoms with Gasteiger partial charge in [0, 0.05) is 31.2 Å². The Labute approximate surface area is 147 Å². The van der Waals surface area contributed by atoms with Crippen LogP contribution in [-0.2, 0) is 10.0 Å². The molecule has 2 aliphatic rings. The number of hydrogen-bond acceptors (Lipinski definition) is 5.